The highest BCUT2D eigenvalue weighted by Gasteiger charge is 2.30. The summed E-state index contributed by atoms with van der Waals surface area (Å²) in [5, 5.41) is 6.80. The molecule has 2 aromatic carbocycles. The van der Waals surface area contributed by atoms with E-state index in [0.29, 0.717) is 30.2 Å². The van der Waals surface area contributed by atoms with Crippen LogP contribution in [0.5, 0.6) is 5.75 Å². The Balaban J connectivity index is 1.58. The second kappa shape index (κ2) is 7.77. The lowest BCUT2D eigenvalue weighted by Crippen LogP contribution is -2.35. The van der Waals surface area contributed by atoms with Gasteiger partial charge >= 0.3 is 0 Å². The van der Waals surface area contributed by atoms with Crippen LogP contribution in [-0.2, 0) is 4.74 Å². The lowest BCUT2D eigenvalue weighted by molar-refractivity contribution is 0.0940. The van der Waals surface area contributed by atoms with E-state index in [0.717, 1.165) is 5.56 Å². The molecule has 0 radical (unpaired) electrons. The molecule has 1 unspecified atom stereocenters. The molecule has 0 saturated heterocycles. The third kappa shape index (κ3) is 3.46. The van der Waals surface area contributed by atoms with Gasteiger partial charge in [-0.25, -0.2) is 4.39 Å². The SMILES string of the molecule is COCCOc1ccc(-c2noc(C3CNC(=O)c4ccccc43)n2)cc1F. The number of carbonyl (C=O) groups is 1. The van der Waals surface area contributed by atoms with Gasteiger partial charge in [-0.15, -0.1) is 0 Å². The van der Waals surface area contributed by atoms with Crippen LogP contribution in [0.4, 0.5) is 4.39 Å². The molecule has 1 amide bonds. The molecule has 0 fully saturated rings. The number of halogens is 1. The molecule has 0 saturated carbocycles. The number of nitrogens with zero attached hydrogens (tertiary/aromatic N) is 2. The number of nitrogens with one attached hydrogen (secondary N) is 1. The number of methoxy groups -OCH3 is 1. The summed E-state index contributed by atoms with van der Waals surface area (Å²) in [4.78, 5) is 16.4. The smallest absolute Gasteiger partial charge is 0.251 e. The van der Waals surface area contributed by atoms with Crippen LogP contribution in [0.3, 0.4) is 0 Å². The quantitative estimate of drug-likeness (QED) is 0.659. The number of hydrogen-bond donors (Lipinski definition) is 1. The largest absolute Gasteiger partial charge is 0.488 e. The van der Waals surface area contributed by atoms with E-state index in [1.54, 1.807) is 25.3 Å². The van der Waals surface area contributed by atoms with Crippen LogP contribution >= 0.6 is 0 Å². The molecular formula is C20H18FN3O4. The maximum Gasteiger partial charge on any atom is 0.251 e. The number of amides is 1. The van der Waals surface area contributed by atoms with Gasteiger partial charge in [0, 0.05) is 24.8 Å². The van der Waals surface area contributed by atoms with E-state index < -0.39 is 5.82 Å². The average Bonchev–Trinajstić information content (AvgIpc) is 3.20. The molecule has 2 heterocycles. The number of rotatable bonds is 6. The monoisotopic (exact) mass is 383 g/mol. The minimum absolute atomic E-state index is 0.127. The maximum absolute atomic E-state index is 14.3. The summed E-state index contributed by atoms with van der Waals surface area (Å²) in [6.45, 7) is 0.985. The first-order valence-electron chi connectivity index (χ1n) is 8.79. The fourth-order valence-electron chi connectivity index (χ4n) is 3.11. The predicted molar refractivity (Wildman–Crippen MR) is 97.7 cm³/mol. The third-order valence-electron chi connectivity index (χ3n) is 4.52. The molecule has 1 aliphatic rings. The molecule has 144 valence electrons. The van der Waals surface area contributed by atoms with Crippen LogP contribution in [0.1, 0.15) is 27.7 Å². The van der Waals surface area contributed by atoms with Crippen LogP contribution in [0.15, 0.2) is 47.0 Å². The van der Waals surface area contributed by atoms with Gasteiger partial charge in [-0.05, 0) is 29.8 Å². The Kier molecular flexibility index (Phi) is 5.03. The van der Waals surface area contributed by atoms with Gasteiger partial charge in [0.2, 0.25) is 11.7 Å². The minimum atomic E-state index is -0.518. The molecule has 8 heteroatoms. The predicted octanol–water partition coefficient (Wildman–Crippen LogP) is 2.78. The van der Waals surface area contributed by atoms with E-state index >= 15 is 0 Å². The maximum atomic E-state index is 14.3. The zero-order valence-electron chi connectivity index (χ0n) is 15.1. The average molecular weight is 383 g/mol. The first-order valence-corrected chi connectivity index (χ1v) is 8.79. The summed E-state index contributed by atoms with van der Waals surface area (Å²) in [7, 11) is 1.55. The number of aromatic nitrogens is 2. The van der Waals surface area contributed by atoms with Crippen molar-refractivity contribution in [2.45, 2.75) is 5.92 Å². The standard InChI is InChI=1S/C20H18FN3O4/c1-26-8-9-27-17-7-6-12(10-16(17)21)18-23-20(28-24-18)15-11-22-19(25)14-5-3-2-4-13(14)15/h2-7,10,15H,8-9,11H2,1H3,(H,22,25). The molecule has 1 aliphatic heterocycles. The Bertz CT molecular complexity index is 1000. The van der Waals surface area contributed by atoms with Crippen molar-refractivity contribution in [1.29, 1.82) is 0 Å². The van der Waals surface area contributed by atoms with Crippen LogP contribution in [0.2, 0.25) is 0 Å². The van der Waals surface area contributed by atoms with Gasteiger partial charge in [0.05, 0.1) is 12.5 Å². The fraction of sp³-hybridized carbons (Fsp3) is 0.250. The van der Waals surface area contributed by atoms with E-state index in [2.05, 4.69) is 15.5 Å². The Morgan fingerprint density at radius 1 is 1.25 bits per heavy atom. The highest BCUT2D eigenvalue weighted by atomic mass is 19.1. The van der Waals surface area contributed by atoms with E-state index in [1.807, 2.05) is 12.1 Å². The Hall–Kier alpha value is -3.26. The van der Waals surface area contributed by atoms with Gasteiger partial charge in [0.25, 0.3) is 5.91 Å². The van der Waals surface area contributed by atoms with Crippen molar-refractivity contribution in [3.8, 4) is 17.1 Å². The molecule has 1 atom stereocenters. The van der Waals surface area contributed by atoms with Crippen molar-refractivity contribution >= 4 is 5.91 Å². The molecule has 4 rings (SSSR count). The molecule has 7 nitrogen and oxygen atoms in total. The molecule has 0 aliphatic carbocycles. The van der Waals surface area contributed by atoms with Crippen LogP contribution in [-0.4, -0.2) is 42.9 Å². The molecule has 0 bridgehead atoms. The van der Waals surface area contributed by atoms with Crippen molar-refractivity contribution in [3.63, 3.8) is 0 Å². The van der Waals surface area contributed by atoms with Crippen molar-refractivity contribution in [1.82, 2.24) is 15.5 Å². The Morgan fingerprint density at radius 2 is 2.11 bits per heavy atom. The van der Waals surface area contributed by atoms with Gasteiger partial charge in [0.15, 0.2) is 11.6 Å². The van der Waals surface area contributed by atoms with Crippen LogP contribution < -0.4 is 10.1 Å². The van der Waals surface area contributed by atoms with Crippen molar-refractivity contribution < 1.29 is 23.2 Å². The van der Waals surface area contributed by atoms with Gasteiger partial charge in [-0.2, -0.15) is 4.98 Å². The lowest BCUT2D eigenvalue weighted by atomic mass is 9.90. The first kappa shape index (κ1) is 18.1. The van der Waals surface area contributed by atoms with E-state index in [4.69, 9.17) is 14.0 Å². The first-order chi connectivity index (χ1) is 13.7. The third-order valence-corrected chi connectivity index (χ3v) is 4.52. The molecule has 28 heavy (non-hydrogen) atoms. The van der Waals surface area contributed by atoms with Gasteiger partial charge < -0.3 is 19.3 Å². The molecule has 3 aromatic rings. The molecule has 1 N–H and O–H groups in total. The summed E-state index contributed by atoms with van der Waals surface area (Å²) < 4.78 is 29.9. The van der Waals surface area contributed by atoms with Crippen molar-refractivity contribution in [2.24, 2.45) is 0 Å². The summed E-state index contributed by atoms with van der Waals surface area (Å²) in [6, 6.07) is 11.8. The van der Waals surface area contributed by atoms with Crippen LogP contribution in [0, 0.1) is 5.82 Å². The summed E-state index contributed by atoms with van der Waals surface area (Å²) >= 11 is 0. The zero-order valence-corrected chi connectivity index (χ0v) is 15.1. The zero-order chi connectivity index (χ0) is 19.5. The summed E-state index contributed by atoms with van der Waals surface area (Å²) in [6.07, 6.45) is 0. The number of carbonyl (C=O) groups excluding carboxylic acids is 1. The summed E-state index contributed by atoms with van der Waals surface area (Å²) in [5.41, 5.74) is 1.89. The van der Waals surface area contributed by atoms with Gasteiger partial charge in [0.1, 0.15) is 6.61 Å². The van der Waals surface area contributed by atoms with Crippen LogP contribution in [0.25, 0.3) is 11.4 Å². The topological polar surface area (TPSA) is 86.5 Å². The fourth-order valence-corrected chi connectivity index (χ4v) is 3.11. The highest BCUT2D eigenvalue weighted by Crippen LogP contribution is 2.31. The molecule has 0 spiro atoms. The van der Waals surface area contributed by atoms with Gasteiger partial charge in [-0.3, -0.25) is 4.79 Å². The number of ether oxygens (including phenoxy) is 2. The second-order valence-corrected chi connectivity index (χ2v) is 6.29. The lowest BCUT2D eigenvalue weighted by Gasteiger charge is -2.22. The minimum Gasteiger partial charge on any atom is -0.488 e. The Labute approximate surface area is 160 Å². The molecule has 1 aromatic heterocycles. The number of hydrogen-bond acceptors (Lipinski definition) is 6. The second-order valence-electron chi connectivity index (χ2n) is 6.29. The van der Waals surface area contributed by atoms with E-state index in [9.17, 15) is 9.18 Å². The van der Waals surface area contributed by atoms with E-state index in [1.165, 1.54) is 12.1 Å². The highest BCUT2D eigenvalue weighted by molar-refractivity contribution is 5.97. The summed E-state index contributed by atoms with van der Waals surface area (Å²) in [5.74, 6) is -0.131. The van der Waals surface area contributed by atoms with Crippen molar-refractivity contribution in [3.05, 3.63) is 65.3 Å². The normalized spacial score (nSPS) is 15.8. The van der Waals surface area contributed by atoms with Gasteiger partial charge in [-0.1, -0.05) is 23.4 Å². The molecular weight excluding hydrogens is 365 g/mol. The number of benzene rings is 2. The van der Waals surface area contributed by atoms with Crippen molar-refractivity contribution in [2.75, 3.05) is 26.9 Å². The van der Waals surface area contributed by atoms with E-state index in [-0.39, 0.29) is 30.0 Å². The Morgan fingerprint density at radius 3 is 2.93 bits per heavy atom. The number of fused-ring (bicyclic) bond motifs is 1.